The number of carbonyl (C=O) groups is 2. The Labute approximate surface area is 107 Å². The van der Waals surface area contributed by atoms with Crippen molar-refractivity contribution in [2.45, 2.75) is 44.6 Å². The van der Waals surface area contributed by atoms with Gasteiger partial charge in [-0.15, -0.1) is 0 Å². The molecule has 0 aromatic rings. The standard InChI is InChI=1S/C13H22N2O3/c1-9-2-4-10(5-3-9)11(16)15-7-6-13(14,8-15)12(17)18/h9-10H,2-8,14H2,1H3,(H,17,18). The molecule has 0 aromatic carbocycles. The number of aliphatic carboxylic acids is 1. The van der Waals surface area contributed by atoms with Crippen molar-refractivity contribution in [1.29, 1.82) is 0 Å². The van der Waals surface area contributed by atoms with Crippen LogP contribution in [0.4, 0.5) is 0 Å². The lowest BCUT2D eigenvalue weighted by molar-refractivity contribution is -0.143. The van der Waals surface area contributed by atoms with Gasteiger partial charge in [0.25, 0.3) is 0 Å². The summed E-state index contributed by atoms with van der Waals surface area (Å²) in [4.78, 5) is 25.0. The van der Waals surface area contributed by atoms with Crippen LogP contribution in [-0.2, 0) is 9.59 Å². The number of nitrogens with zero attached hydrogens (tertiary/aromatic N) is 1. The van der Waals surface area contributed by atoms with Gasteiger partial charge in [0.15, 0.2) is 0 Å². The molecule has 5 heteroatoms. The van der Waals surface area contributed by atoms with Crippen LogP contribution in [0.3, 0.4) is 0 Å². The van der Waals surface area contributed by atoms with Gasteiger partial charge in [-0.05, 0) is 38.0 Å². The zero-order valence-corrected chi connectivity index (χ0v) is 10.9. The fourth-order valence-electron chi connectivity index (χ4n) is 2.96. The van der Waals surface area contributed by atoms with Gasteiger partial charge >= 0.3 is 5.97 Å². The lowest BCUT2D eigenvalue weighted by Crippen LogP contribution is -2.51. The molecule has 1 aliphatic heterocycles. The van der Waals surface area contributed by atoms with E-state index in [0.717, 1.165) is 25.7 Å². The first-order valence-corrected chi connectivity index (χ1v) is 6.73. The third-order valence-electron chi connectivity index (χ3n) is 4.40. The highest BCUT2D eigenvalue weighted by atomic mass is 16.4. The highest BCUT2D eigenvalue weighted by molar-refractivity contribution is 5.84. The van der Waals surface area contributed by atoms with Gasteiger partial charge in [0.05, 0.1) is 0 Å². The maximum Gasteiger partial charge on any atom is 0.325 e. The van der Waals surface area contributed by atoms with Gasteiger partial charge < -0.3 is 15.7 Å². The Morgan fingerprint density at radius 1 is 1.28 bits per heavy atom. The highest BCUT2D eigenvalue weighted by Crippen LogP contribution is 2.31. The lowest BCUT2D eigenvalue weighted by atomic mass is 9.82. The fourth-order valence-corrected chi connectivity index (χ4v) is 2.96. The molecule has 1 aliphatic carbocycles. The summed E-state index contributed by atoms with van der Waals surface area (Å²) in [6.07, 6.45) is 4.41. The molecular weight excluding hydrogens is 232 g/mol. The number of hydrogen-bond donors (Lipinski definition) is 2. The van der Waals surface area contributed by atoms with Crippen molar-refractivity contribution < 1.29 is 14.7 Å². The van der Waals surface area contributed by atoms with Crippen LogP contribution in [0.25, 0.3) is 0 Å². The number of amides is 1. The van der Waals surface area contributed by atoms with Crippen molar-refractivity contribution in [1.82, 2.24) is 4.90 Å². The molecule has 102 valence electrons. The normalized spacial score (nSPS) is 36.7. The van der Waals surface area contributed by atoms with E-state index in [1.807, 2.05) is 0 Å². The maximum atomic E-state index is 12.3. The molecule has 1 saturated carbocycles. The number of nitrogens with two attached hydrogens (primary N) is 1. The summed E-state index contributed by atoms with van der Waals surface area (Å²) < 4.78 is 0. The molecule has 0 spiro atoms. The van der Waals surface area contributed by atoms with E-state index in [2.05, 4.69) is 6.92 Å². The SMILES string of the molecule is CC1CCC(C(=O)N2CCC(N)(C(=O)O)C2)CC1. The summed E-state index contributed by atoms with van der Waals surface area (Å²) in [6.45, 7) is 2.85. The minimum Gasteiger partial charge on any atom is -0.480 e. The smallest absolute Gasteiger partial charge is 0.325 e. The van der Waals surface area contributed by atoms with E-state index in [-0.39, 0.29) is 18.4 Å². The first-order valence-electron chi connectivity index (χ1n) is 6.73. The van der Waals surface area contributed by atoms with Crippen LogP contribution >= 0.6 is 0 Å². The molecule has 2 rings (SSSR count). The zero-order chi connectivity index (χ0) is 13.3. The Morgan fingerprint density at radius 3 is 2.39 bits per heavy atom. The molecule has 0 aromatic heterocycles. The first kappa shape index (κ1) is 13.3. The van der Waals surface area contributed by atoms with Crippen LogP contribution in [0.5, 0.6) is 0 Å². The third kappa shape index (κ3) is 2.51. The van der Waals surface area contributed by atoms with Crippen molar-refractivity contribution in [2.24, 2.45) is 17.6 Å². The van der Waals surface area contributed by atoms with Crippen LogP contribution in [0.1, 0.15) is 39.0 Å². The summed E-state index contributed by atoms with van der Waals surface area (Å²) in [5.74, 6) is -0.108. The lowest BCUT2D eigenvalue weighted by Gasteiger charge is -2.29. The minimum absolute atomic E-state index is 0.0809. The van der Waals surface area contributed by atoms with Gasteiger partial charge in [0.1, 0.15) is 5.54 Å². The van der Waals surface area contributed by atoms with Gasteiger partial charge in [-0.1, -0.05) is 6.92 Å². The van der Waals surface area contributed by atoms with Gasteiger partial charge in [0.2, 0.25) is 5.91 Å². The predicted molar refractivity (Wildman–Crippen MR) is 66.9 cm³/mol. The van der Waals surface area contributed by atoms with Crippen LogP contribution in [-0.4, -0.2) is 40.5 Å². The van der Waals surface area contributed by atoms with E-state index in [9.17, 15) is 9.59 Å². The molecule has 18 heavy (non-hydrogen) atoms. The number of carbonyl (C=O) groups excluding carboxylic acids is 1. The summed E-state index contributed by atoms with van der Waals surface area (Å²) >= 11 is 0. The second-order valence-electron chi connectivity index (χ2n) is 5.93. The van der Waals surface area contributed by atoms with Gasteiger partial charge in [-0.2, -0.15) is 0 Å². The molecule has 5 nitrogen and oxygen atoms in total. The summed E-state index contributed by atoms with van der Waals surface area (Å²) in [7, 11) is 0. The summed E-state index contributed by atoms with van der Waals surface area (Å²) in [5.41, 5.74) is 4.55. The largest absolute Gasteiger partial charge is 0.480 e. The Balaban J connectivity index is 1.93. The molecule has 1 amide bonds. The maximum absolute atomic E-state index is 12.3. The van der Waals surface area contributed by atoms with E-state index < -0.39 is 11.5 Å². The molecule has 1 heterocycles. The minimum atomic E-state index is -1.24. The van der Waals surface area contributed by atoms with Crippen LogP contribution < -0.4 is 5.73 Å². The molecule has 3 N–H and O–H groups in total. The Kier molecular flexibility index (Phi) is 3.61. The second-order valence-corrected chi connectivity index (χ2v) is 5.93. The van der Waals surface area contributed by atoms with E-state index >= 15 is 0 Å². The van der Waals surface area contributed by atoms with Crippen molar-refractivity contribution >= 4 is 11.9 Å². The average Bonchev–Trinajstić information content (AvgIpc) is 2.73. The average molecular weight is 254 g/mol. The number of hydrogen-bond acceptors (Lipinski definition) is 3. The summed E-state index contributed by atoms with van der Waals surface area (Å²) in [6, 6.07) is 0. The summed E-state index contributed by atoms with van der Waals surface area (Å²) in [5, 5.41) is 9.05. The first-order chi connectivity index (χ1) is 8.42. The topological polar surface area (TPSA) is 83.6 Å². The molecule has 0 radical (unpaired) electrons. The third-order valence-corrected chi connectivity index (χ3v) is 4.40. The second kappa shape index (κ2) is 4.88. The monoisotopic (exact) mass is 254 g/mol. The molecule has 1 unspecified atom stereocenters. The molecule has 2 fully saturated rings. The number of likely N-dealkylation sites (tertiary alicyclic amines) is 1. The van der Waals surface area contributed by atoms with E-state index in [0.29, 0.717) is 18.9 Å². The van der Waals surface area contributed by atoms with Crippen molar-refractivity contribution in [3.8, 4) is 0 Å². The van der Waals surface area contributed by atoms with Crippen LogP contribution in [0, 0.1) is 11.8 Å². The number of carboxylic acids is 1. The van der Waals surface area contributed by atoms with E-state index in [1.165, 1.54) is 0 Å². The van der Waals surface area contributed by atoms with Crippen molar-refractivity contribution in [3.63, 3.8) is 0 Å². The molecule has 1 saturated heterocycles. The Hall–Kier alpha value is -1.10. The fraction of sp³-hybridized carbons (Fsp3) is 0.846. The zero-order valence-electron chi connectivity index (χ0n) is 10.9. The predicted octanol–water partition coefficient (Wildman–Crippen LogP) is 0.827. The molecule has 2 aliphatic rings. The number of carboxylic acid groups (broad SMARTS) is 1. The molecule has 0 bridgehead atoms. The van der Waals surface area contributed by atoms with Gasteiger partial charge in [-0.3, -0.25) is 9.59 Å². The van der Waals surface area contributed by atoms with Gasteiger partial charge in [0, 0.05) is 19.0 Å². The Morgan fingerprint density at radius 2 is 1.89 bits per heavy atom. The van der Waals surface area contributed by atoms with Crippen molar-refractivity contribution in [3.05, 3.63) is 0 Å². The van der Waals surface area contributed by atoms with Gasteiger partial charge in [-0.25, -0.2) is 0 Å². The van der Waals surface area contributed by atoms with E-state index in [1.54, 1.807) is 4.90 Å². The molecule has 1 atom stereocenters. The molecular formula is C13H22N2O3. The Bertz CT molecular complexity index is 350. The number of rotatable bonds is 2. The van der Waals surface area contributed by atoms with Crippen LogP contribution in [0.2, 0.25) is 0 Å². The quantitative estimate of drug-likeness (QED) is 0.764. The van der Waals surface area contributed by atoms with Crippen LogP contribution in [0.15, 0.2) is 0 Å². The van der Waals surface area contributed by atoms with Crippen molar-refractivity contribution in [2.75, 3.05) is 13.1 Å². The van der Waals surface area contributed by atoms with E-state index in [4.69, 9.17) is 10.8 Å². The highest BCUT2D eigenvalue weighted by Gasteiger charge is 2.44.